The highest BCUT2D eigenvalue weighted by Gasteiger charge is 2.06. The van der Waals surface area contributed by atoms with Gasteiger partial charge in [0.25, 0.3) is 0 Å². The van der Waals surface area contributed by atoms with Gasteiger partial charge in [-0.2, -0.15) is 9.71 Å². The predicted octanol–water partition coefficient (Wildman–Crippen LogP) is -0.505. The van der Waals surface area contributed by atoms with Crippen molar-refractivity contribution in [1.82, 2.24) is 19.7 Å². The van der Waals surface area contributed by atoms with Crippen molar-refractivity contribution < 1.29 is 5.21 Å². The van der Waals surface area contributed by atoms with E-state index in [1.165, 1.54) is 18.7 Å². The SMILES string of the molecule is N=c1ncc2cncn(O)c-2n1. The molecule has 0 unspecified atom stereocenters. The molecule has 2 N–H and O–H groups in total. The third-order valence-electron chi connectivity index (χ3n) is 1.40. The summed E-state index contributed by atoms with van der Waals surface area (Å²) in [6.45, 7) is 0. The van der Waals surface area contributed by atoms with E-state index in [2.05, 4.69) is 15.0 Å². The van der Waals surface area contributed by atoms with Crippen LogP contribution < -0.4 is 5.62 Å². The summed E-state index contributed by atoms with van der Waals surface area (Å²) in [7, 11) is 0. The van der Waals surface area contributed by atoms with Crippen LogP contribution in [0.4, 0.5) is 0 Å². The molecule has 6 nitrogen and oxygen atoms in total. The topological polar surface area (TPSA) is 87.7 Å². The van der Waals surface area contributed by atoms with E-state index >= 15 is 0 Å². The van der Waals surface area contributed by atoms with E-state index in [0.717, 1.165) is 4.73 Å². The van der Waals surface area contributed by atoms with E-state index in [4.69, 9.17) is 5.41 Å². The number of hydrogen-bond acceptors (Lipinski definition) is 5. The second-order valence-corrected chi connectivity index (χ2v) is 2.21. The van der Waals surface area contributed by atoms with E-state index in [0.29, 0.717) is 5.56 Å². The van der Waals surface area contributed by atoms with Crippen molar-refractivity contribution in [3.05, 3.63) is 24.3 Å². The lowest BCUT2D eigenvalue weighted by Crippen LogP contribution is -2.15. The van der Waals surface area contributed by atoms with Crippen molar-refractivity contribution in [1.29, 1.82) is 5.41 Å². The highest BCUT2D eigenvalue weighted by Crippen LogP contribution is 2.11. The zero-order valence-electron chi connectivity index (χ0n) is 5.97. The van der Waals surface area contributed by atoms with Crippen LogP contribution in [0.3, 0.4) is 0 Å². The largest absolute Gasteiger partial charge is 0.425 e. The molecule has 0 saturated heterocycles. The van der Waals surface area contributed by atoms with Crippen LogP contribution in [0.15, 0.2) is 18.7 Å². The van der Waals surface area contributed by atoms with Gasteiger partial charge in [0, 0.05) is 12.4 Å². The molecule has 0 bridgehead atoms. The molecule has 0 radical (unpaired) electrons. The Labute approximate surface area is 67.0 Å². The molecule has 0 aromatic rings. The Morgan fingerprint density at radius 2 is 2.25 bits per heavy atom. The van der Waals surface area contributed by atoms with Crippen molar-refractivity contribution in [3.8, 4) is 11.4 Å². The molecule has 0 saturated carbocycles. The minimum atomic E-state index is -0.128. The molecule has 6 heteroatoms. The third-order valence-corrected chi connectivity index (χ3v) is 1.40. The average Bonchev–Trinajstić information content (AvgIpc) is 2.07. The fourth-order valence-electron chi connectivity index (χ4n) is 0.888. The summed E-state index contributed by atoms with van der Waals surface area (Å²) in [5, 5.41) is 16.3. The molecule has 0 aromatic carbocycles. The van der Waals surface area contributed by atoms with Gasteiger partial charge in [-0.15, -0.1) is 0 Å². The molecule has 60 valence electrons. The normalized spacial score (nSPS) is 10.3. The maximum absolute atomic E-state index is 9.18. The number of nitrogens with one attached hydrogen (secondary N) is 1. The lowest BCUT2D eigenvalue weighted by Gasteiger charge is -2.04. The smallest absolute Gasteiger partial charge is 0.243 e. The van der Waals surface area contributed by atoms with Crippen LogP contribution in [0.1, 0.15) is 0 Å². The monoisotopic (exact) mass is 163 g/mol. The lowest BCUT2D eigenvalue weighted by molar-refractivity contribution is 0.182. The molecule has 0 atom stereocenters. The molecule has 2 heterocycles. The number of rotatable bonds is 0. The van der Waals surface area contributed by atoms with Crippen LogP contribution in [0.2, 0.25) is 0 Å². The number of nitrogens with zero attached hydrogens (tertiary/aromatic N) is 4. The van der Waals surface area contributed by atoms with Crippen molar-refractivity contribution in [3.63, 3.8) is 0 Å². The fourth-order valence-corrected chi connectivity index (χ4v) is 0.888. The van der Waals surface area contributed by atoms with Gasteiger partial charge in [0.1, 0.15) is 6.33 Å². The summed E-state index contributed by atoms with van der Waals surface area (Å²) in [6.07, 6.45) is 4.15. The maximum Gasteiger partial charge on any atom is 0.243 e. The molecule has 0 amide bonds. The minimum Gasteiger partial charge on any atom is -0.425 e. The van der Waals surface area contributed by atoms with Crippen LogP contribution in [-0.4, -0.2) is 24.9 Å². The molecule has 2 rings (SSSR count). The Morgan fingerprint density at radius 3 is 3.08 bits per heavy atom. The molecule has 0 aliphatic carbocycles. The average molecular weight is 163 g/mol. The van der Waals surface area contributed by atoms with Crippen LogP contribution in [-0.2, 0) is 0 Å². The van der Waals surface area contributed by atoms with Crippen molar-refractivity contribution in [2.24, 2.45) is 0 Å². The van der Waals surface area contributed by atoms with Crippen molar-refractivity contribution in [2.45, 2.75) is 0 Å². The van der Waals surface area contributed by atoms with Gasteiger partial charge in [-0.25, -0.2) is 9.97 Å². The second-order valence-electron chi connectivity index (χ2n) is 2.21. The van der Waals surface area contributed by atoms with Gasteiger partial charge in [-0.05, 0) is 0 Å². The van der Waals surface area contributed by atoms with Gasteiger partial charge in [-0.3, -0.25) is 5.41 Å². The highest BCUT2D eigenvalue weighted by molar-refractivity contribution is 5.51. The van der Waals surface area contributed by atoms with Gasteiger partial charge in [0.05, 0.1) is 5.56 Å². The molecule has 2 aliphatic rings. The second kappa shape index (κ2) is 2.26. The number of aromatic nitrogens is 4. The van der Waals surface area contributed by atoms with Crippen LogP contribution in [0.5, 0.6) is 0 Å². The Hall–Kier alpha value is -1.98. The predicted molar refractivity (Wildman–Crippen MR) is 37.5 cm³/mol. The number of fused-ring (bicyclic) bond motifs is 1. The molecule has 2 aliphatic heterocycles. The van der Waals surface area contributed by atoms with Gasteiger partial charge in [0.15, 0.2) is 5.82 Å². The minimum absolute atomic E-state index is 0.128. The first kappa shape index (κ1) is 6.71. The first-order valence-corrected chi connectivity index (χ1v) is 3.20. The van der Waals surface area contributed by atoms with E-state index in [1.54, 1.807) is 0 Å². The van der Waals surface area contributed by atoms with E-state index < -0.39 is 0 Å². The van der Waals surface area contributed by atoms with Gasteiger partial charge < -0.3 is 5.21 Å². The molecule has 0 aromatic heterocycles. The Balaban J connectivity index is 2.87. The first-order chi connectivity index (χ1) is 5.77. The quantitative estimate of drug-likeness (QED) is 0.512. The number of hydrogen-bond donors (Lipinski definition) is 2. The zero-order valence-corrected chi connectivity index (χ0v) is 5.97. The summed E-state index contributed by atoms with van der Waals surface area (Å²) >= 11 is 0. The summed E-state index contributed by atoms with van der Waals surface area (Å²) in [6, 6.07) is 0. The van der Waals surface area contributed by atoms with E-state index in [1.807, 2.05) is 0 Å². The summed E-state index contributed by atoms with van der Waals surface area (Å²) in [5.74, 6) is 0.282. The fraction of sp³-hybridized carbons (Fsp3) is 0. The standard InChI is InChI=1S/C6H5N5O/c7-6-9-2-4-1-8-3-11(12)5(4)10-6/h1-3,7,12H. The van der Waals surface area contributed by atoms with E-state index in [9.17, 15) is 5.21 Å². The Kier molecular flexibility index (Phi) is 1.26. The zero-order chi connectivity index (χ0) is 8.55. The molecule has 12 heavy (non-hydrogen) atoms. The van der Waals surface area contributed by atoms with Gasteiger partial charge in [0.2, 0.25) is 5.62 Å². The summed E-state index contributed by atoms with van der Waals surface area (Å²) in [4.78, 5) is 11.1. The lowest BCUT2D eigenvalue weighted by atomic mass is 10.3. The van der Waals surface area contributed by atoms with E-state index in [-0.39, 0.29) is 11.4 Å². The molecular formula is C6H5N5O. The van der Waals surface area contributed by atoms with Crippen molar-refractivity contribution in [2.75, 3.05) is 0 Å². The molecular weight excluding hydrogens is 158 g/mol. The summed E-state index contributed by atoms with van der Waals surface area (Å²) < 4.78 is 0.759. The van der Waals surface area contributed by atoms with Crippen LogP contribution in [0, 0.1) is 5.41 Å². The third kappa shape index (κ3) is 0.895. The highest BCUT2D eigenvalue weighted by atomic mass is 16.5. The first-order valence-electron chi connectivity index (χ1n) is 3.20. The summed E-state index contributed by atoms with van der Waals surface area (Å²) in [5.41, 5.74) is 0.465. The maximum atomic E-state index is 9.18. The van der Waals surface area contributed by atoms with Crippen LogP contribution in [0.25, 0.3) is 11.4 Å². The van der Waals surface area contributed by atoms with Crippen molar-refractivity contribution >= 4 is 0 Å². The van der Waals surface area contributed by atoms with Crippen LogP contribution >= 0.6 is 0 Å². The molecule has 0 fully saturated rings. The van der Waals surface area contributed by atoms with Gasteiger partial charge in [-0.1, -0.05) is 0 Å². The van der Waals surface area contributed by atoms with Gasteiger partial charge >= 0.3 is 0 Å². The Bertz CT molecular complexity index is 436. The Morgan fingerprint density at radius 1 is 1.42 bits per heavy atom. The molecule has 0 spiro atoms.